The number of rotatable bonds is 7. The van der Waals surface area contributed by atoms with E-state index in [4.69, 9.17) is 0 Å². The summed E-state index contributed by atoms with van der Waals surface area (Å²) < 4.78 is 0. The van der Waals surface area contributed by atoms with Crippen molar-refractivity contribution in [2.75, 3.05) is 0 Å². The fourth-order valence-corrected chi connectivity index (χ4v) is 4.85. The molecule has 0 spiro atoms. The van der Waals surface area contributed by atoms with Crippen molar-refractivity contribution >= 4 is 21.5 Å². The van der Waals surface area contributed by atoms with Crippen LogP contribution >= 0.6 is 0 Å². The quantitative estimate of drug-likeness (QED) is 0.194. The molecule has 148 valence electrons. The fourth-order valence-electron chi connectivity index (χ4n) is 4.85. The van der Waals surface area contributed by atoms with Crippen LogP contribution in [-0.2, 0) is 12.8 Å². The monoisotopic (exact) mass is 388 g/mol. The third-order valence-electron chi connectivity index (χ3n) is 6.39. The number of fused-ring (bicyclic) bond motifs is 3. The van der Waals surface area contributed by atoms with Crippen LogP contribution in [0.2, 0.25) is 0 Å². The van der Waals surface area contributed by atoms with Crippen LogP contribution in [0.3, 0.4) is 0 Å². The van der Waals surface area contributed by atoms with E-state index in [1.54, 1.807) is 0 Å². The Morgan fingerprint density at radius 1 is 0.467 bits per heavy atom. The van der Waals surface area contributed by atoms with Gasteiger partial charge >= 0.3 is 0 Å². The Labute approximate surface area is 179 Å². The first-order valence-corrected chi connectivity index (χ1v) is 11.3. The molecule has 5 rings (SSSR count). The highest BCUT2D eigenvalue weighted by Gasteiger charge is 2.09. The second-order valence-corrected chi connectivity index (χ2v) is 8.35. The fraction of sp³-hybridized carbons (Fsp3) is 0.200. The van der Waals surface area contributed by atoms with Gasteiger partial charge in [-0.2, -0.15) is 0 Å². The molecule has 0 nitrogen and oxygen atoms in total. The van der Waals surface area contributed by atoms with Crippen molar-refractivity contribution in [1.29, 1.82) is 0 Å². The lowest BCUT2D eigenvalue weighted by Gasteiger charge is -2.11. The molecule has 0 unspecified atom stereocenters. The highest BCUT2D eigenvalue weighted by molar-refractivity contribution is 6.02. The Morgan fingerprint density at radius 2 is 1.10 bits per heavy atom. The van der Waals surface area contributed by atoms with Crippen LogP contribution in [0.4, 0.5) is 0 Å². The Morgan fingerprint density at radius 3 is 1.87 bits per heavy atom. The molecule has 30 heavy (non-hydrogen) atoms. The molecule has 0 saturated heterocycles. The van der Waals surface area contributed by atoms with E-state index >= 15 is 0 Å². The van der Waals surface area contributed by atoms with Crippen molar-refractivity contribution in [3.8, 4) is 11.1 Å². The molecule has 2 aliphatic carbocycles. The van der Waals surface area contributed by atoms with Gasteiger partial charge in [-0.1, -0.05) is 104 Å². The minimum absolute atomic E-state index is 1.16. The molecule has 3 aromatic carbocycles. The maximum absolute atomic E-state index is 2.33. The summed E-state index contributed by atoms with van der Waals surface area (Å²) in [7, 11) is 0. The average Bonchev–Trinajstić information content (AvgIpc) is 3.01. The van der Waals surface area contributed by atoms with Gasteiger partial charge in [-0.3, -0.25) is 0 Å². The molecule has 2 aliphatic rings. The van der Waals surface area contributed by atoms with E-state index in [0.717, 1.165) is 6.42 Å². The predicted octanol–water partition coefficient (Wildman–Crippen LogP) is 8.44. The van der Waals surface area contributed by atoms with Gasteiger partial charge in [0.25, 0.3) is 0 Å². The summed E-state index contributed by atoms with van der Waals surface area (Å²) in [4.78, 5) is 0. The normalized spacial score (nSPS) is 11.5. The van der Waals surface area contributed by atoms with Crippen molar-refractivity contribution in [2.24, 2.45) is 0 Å². The van der Waals surface area contributed by atoms with E-state index in [1.807, 2.05) is 0 Å². The first kappa shape index (κ1) is 18.9. The molecule has 0 aliphatic heterocycles. The van der Waals surface area contributed by atoms with Crippen LogP contribution in [0.15, 0.2) is 97.1 Å². The topological polar surface area (TPSA) is 0 Å². The molecule has 3 aromatic rings. The van der Waals surface area contributed by atoms with Crippen LogP contribution in [0, 0.1) is 0 Å². The van der Waals surface area contributed by atoms with Gasteiger partial charge in [-0.15, -0.1) is 0 Å². The summed E-state index contributed by atoms with van der Waals surface area (Å²) >= 11 is 0. The molecule has 0 aromatic heterocycles. The molecule has 0 N–H and O–H groups in total. The van der Waals surface area contributed by atoms with E-state index in [1.165, 1.54) is 75.9 Å². The molecule has 0 heteroatoms. The molecule has 0 heterocycles. The Kier molecular flexibility index (Phi) is 5.48. The number of hydrogen-bond acceptors (Lipinski definition) is 0. The molecule has 0 radical (unpaired) electrons. The van der Waals surface area contributed by atoms with Crippen LogP contribution in [0.5, 0.6) is 0 Å². The second-order valence-electron chi connectivity index (χ2n) is 8.35. The Balaban J connectivity index is 1.22. The SMILES string of the molecule is c1ccc2ccc(CCCCCCc3c4ccccc4cc4ccccc34)c-2cc1. The highest BCUT2D eigenvalue weighted by Crippen LogP contribution is 2.30. The van der Waals surface area contributed by atoms with Crippen molar-refractivity contribution in [1.82, 2.24) is 0 Å². The van der Waals surface area contributed by atoms with Crippen molar-refractivity contribution in [3.63, 3.8) is 0 Å². The highest BCUT2D eigenvalue weighted by atomic mass is 14.1. The lowest BCUT2D eigenvalue weighted by Crippen LogP contribution is -1.92. The second kappa shape index (κ2) is 8.71. The van der Waals surface area contributed by atoms with Gasteiger partial charge in [0.05, 0.1) is 0 Å². The van der Waals surface area contributed by atoms with Crippen molar-refractivity contribution in [3.05, 3.63) is 108 Å². The van der Waals surface area contributed by atoms with Crippen molar-refractivity contribution in [2.45, 2.75) is 38.5 Å². The van der Waals surface area contributed by atoms with E-state index < -0.39 is 0 Å². The van der Waals surface area contributed by atoms with Crippen LogP contribution in [0.1, 0.15) is 36.8 Å². The average molecular weight is 389 g/mol. The summed E-state index contributed by atoms with van der Waals surface area (Å²) in [5, 5.41) is 5.57. The lowest BCUT2D eigenvalue weighted by molar-refractivity contribution is 0.643. The standard InChI is InChI=1S/C30H28/c1(4-12-23-20-21-24-13-5-3-7-16-27(23)24)2-6-19-30-28-17-10-8-14-25(28)22-26-15-9-11-18-29(26)30/h3,5,7-11,13-18,20-22H,1-2,4,6,12,19H2. The maximum atomic E-state index is 2.33. The van der Waals surface area contributed by atoms with Gasteiger partial charge in [-0.25, -0.2) is 0 Å². The first-order chi connectivity index (χ1) is 14.9. The third-order valence-corrected chi connectivity index (χ3v) is 6.39. The molecule has 0 bridgehead atoms. The zero-order chi connectivity index (χ0) is 20.2. The van der Waals surface area contributed by atoms with Gasteiger partial charge < -0.3 is 0 Å². The summed E-state index contributed by atoms with van der Waals surface area (Å²) in [6, 6.07) is 35.5. The van der Waals surface area contributed by atoms with E-state index in [9.17, 15) is 0 Å². The first-order valence-electron chi connectivity index (χ1n) is 11.3. The van der Waals surface area contributed by atoms with Gasteiger partial charge in [0, 0.05) is 0 Å². The number of unbranched alkanes of at least 4 members (excludes halogenated alkanes) is 3. The van der Waals surface area contributed by atoms with Gasteiger partial charge in [-0.05, 0) is 75.5 Å². The molecule has 0 saturated carbocycles. The van der Waals surface area contributed by atoms with Gasteiger partial charge in [0.15, 0.2) is 0 Å². The number of aryl methyl sites for hydroxylation is 2. The van der Waals surface area contributed by atoms with Gasteiger partial charge in [0.2, 0.25) is 0 Å². The summed E-state index contributed by atoms with van der Waals surface area (Å²) in [6.07, 6.45) is 7.47. The minimum atomic E-state index is 1.16. The zero-order valence-electron chi connectivity index (χ0n) is 17.5. The largest absolute Gasteiger partial charge is 0.0622 e. The lowest BCUT2D eigenvalue weighted by atomic mass is 9.93. The molecule has 0 fully saturated rings. The van der Waals surface area contributed by atoms with Crippen LogP contribution in [-0.4, -0.2) is 0 Å². The molecule has 0 amide bonds. The zero-order valence-corrected chi connectivity index (χ0v) is 17.5. The van der Waals surface area contributed by atoms with Crippen LogP contribution < -0.4 is 0 Å². The van der Waals surface area contributed by atoms with E-state index in [-0.39, 0.29) is 0 Å². The molecular weight excluding hydrogens is 360 g/mol. The number of hydrogen-bond donors (Lipinski definition) is 0. The third kappa shape index (κ3) is 3.83. The summed E-state index contributed by atoms with van der Waals surface area (Å²) in [6.45, 7) is 0. The molecular formula is C30H28. The number of benzene rings is 3. The van der Waals surface area contributed by atoms with Crippen LogP contribution in [0.25, 0.3) is 32.7 Å². The smallest absolute Gasteiger partial charge is 0.0146 e. The maximum Gasteiger partial charge on any atom is -0.0146 e. The minimum Gasteiger partial charge on any atom is -0.0622 e. The van der Waals surface area contributed by atoms with Gasteiger partial charge in [0.1, 0.15) is 0 Å². The molecule has 0 atom stereocenters. The summed E-state index contributed by atoms with van der Waals surface area (Å²) in [5.41, 5.74) is 5.81. The Bertz CT molecular complexity index is 1190. The summed E-state index contributed by atoms with van der Waals surface area (Å²) in [5.74, 6) is 0. The predicted molar refractivity (Wildman–Crippen MR) is 130 cm³/mol. The van der Waals surface area contributed by atoms with Crippen molar-refractivity contribution < 1.29 is 0 Å². The van der Waals surface area contributed by atoms with E-state index in [2.05, 4.69) is 97.1 Å². The van der Waals surface area contributed by atoms with E-state index in [0.29, 0.717) is 0 Å². The Hall–Kier alpha value is -3.12.